The molecule has 0 N–H and O–H groups in total. The molecule has 0 amide bonds. The molecule has 1 saturated heterocycles. The van der Waals surface area contributed by atoms with Crippen molar-refractivity contribution in [2.45, 2.75) is 91.5 Å². The van der Waals surface area contributed by atoms with Crippen LogP contribution in [0.2, 0.25) is 0 Å². The lowest BCUT2D eigenvalue weighted by Gasteiger charge is -2.40. The molecule has 0 aromatic rings. The molecule has 0 radical (unpaired) electrons. The first-order valence-electron chi connectivity index (χ1n) is 10.7. The molecular weight excluding hydrogens is 316 g/mol. The highest BCUT2D eigenvalue weighted by Gasteiger charge is 2.42. The highest BCUT2D eigenvalue weighted by atomic mass is 16.9. The van der Waals surface area contributed by atoms with Crippen LogP contribution in [0, 0.1) is 11.8 Å². The van der Waals surface area contributed by atoms with Crippen molar-refractivity contribution in [3.63, 3.8) is 0 Å². The SMILES string of the molecule is CCCCCCCCC(CCC1COC1)C(OCC)(OCC)OCC. The molecule has 0 spiro atoms. The molecule has 4 heteroatoms. The predicted octanol–water partition coefficient (Wildman–Crippen LogP) is 5.54. The summed E-state index contributed by atoms with van der Waals surface area (Å²) in [5.74, 6) is 0.125. The molecule has 0 saturated carbocycles. The van der Waals surface area contributed by atoms with E-state index in [2.05, 4.69) is 6.92 Å². The third kappa shape index (κ3) is 8.38. The molecule has 0 aliphatic carbocycles. The van der Waals surface area contributed by atoms with Crippen molar-refractivity contribution in [1.82, 2.24) is 0 Å². The molecule has 1 fully saturated rings. The maximum atomic E-state index is 6.08. The Labute approximate surface area is 155 Å². The Morgan fingerprint density at radius 3 is 1.84 bits per heavy atom. The summed E-state index contributed by atoms with van der Waals surface area (Å²) in [5.41, 5.74) is 0. The van der Waals surface area contributed by atoms with Crippen LogP contribution in [0.25, 0.3) is 0 Å². The van der Waals surface area contributed by atoms with Gasteiger partial charge in [-0.3, -0.25) is 0 Å². The summed E-state index contributed by atoms with van der Waals surface area (Å²) in [6.07, 6.45) is 11.2. The van der Waals surface area contributed by atoms with Gasteiger partial charge in [-0.2, -0.15) is 0 Å². The van der Waals surface area contributed by atoms with Crippen LogP contribution in [-0.4, -0.2) is 39.0 Å². The van der Waals surface area contributed by atoms with E-state index in [-0.39, 0.29) is 0 Å². The van der Waals surface area contributed by atoms with Crippen molar-refractivity contribution in [1.29, 1.82) is 0 Å². The van der Waals surface area contributed by atoms with Crippen LogP contribution in [0.3, 0.4) is 0 Å². The molecule has 25 heavy (non-hydrogen) atoms. The minimum atomic E-state index is -0.869. The van der Waals surface area contributed by atoms with E-state index in [9.17, 15) is 0 Å². The van der Waals surface area contributed by atoms with E-state index in [1.54, 1.807) is 0 Å². The topological polar surface area (TPSA) is 36.9 Å². The Morgan fingerprint density at radius 1 is 0.800 bits per heavy atom. The summed E-state index contributed by atoms with van der Waals surface area (Å²) in [4.78, 5) is 0. The number of rotatable bonds is 17. The van der Waals surface area contributed by atoms with E-state index in [0.29, 0.717) is 31.7 Å². The summed E-state index contributed by atoms with van der Waals surface area (Å²) >= 11 is 0. The predicted molar refractivity (Wildman–Crippen MR) is 103 cm³/mol. The Bertz CT molecular complexity index is 287. The molecule has 0 aromatic heterocycles. The molecule has 150 valence electrons. The lowest BCUT2D eigenvalue weighted by atomic mass is 9.88. The van der Waals surface area contributed by atoms with Gasteiger partial charge in [0.25, 0.3) is 5.97 Å². The zero-order valence-electron chi connectivity index (χ0n) is 17.2. The molecule has 4 nitrogen and oxygen atoms in total. The van der Waals surface area contributed by atoms with Gasteiger partial charge in [-0.15, -0.1) is 0 Å². The summed E-state index contributed by atoms with van der Waals surface area (Å²) in [7, 11) is 0. The minimum absolute atomic E-state index is 0.291. The van der Waals surface area contributed by atoms with Crippen molar-refractivity contribution in [2.75, 3.05) is 33.0 Å². The third-order valence-corrected chi connectivity index (χ3v) is 5.07. The molecule has 1 aliphatic heterocycles. The van der Waals surface area contributed by atoms with E-state index in [0.717, 1.165) is 26.1 Å². The summed E-state index contributed by atoms with van der Waals surface area (Å²) in [6, 6.07) is 0. The van der Waals surface area contributed by atoms with E-state index < -0.39 is 5.97 Å². The fourth-order valence-electron chi connectivity index (χ4n) is 3.64. The van der Waals surface area contributed by atoms with Crippen molar-refractivity contribution in [3.05, 3.63) is 0 Å². The van der Waals surface area contributed by atoms with Gasteiger partial charge in [-0.25, -0.2) is 0 Å². The molecule has 0 bridgehead atoms. The first-order chi connectivity index (χ1) is 12.2. The maximum Gasteiger partial charge on any atom is 0.285 e. The normalized spacial score (nSPS) is 16.8. The Hall–Kier alpha value is -0.160. The Kier molecular flexibility index (Phi) is 12.8. The average molecular weight is 359 g/mol. The van der Waals surface area contributed by atoms with Gasteiger partial charge in [0, 0.05) is 31.7 Å². The maximum absolute atomic E-state index is 6.08. The van der Waals surface area contributed by atoms with Crippen LogP contribution in [0.1, 0.15) is 85.5 Å². The average Bonchev–Trinajstić information content (AvgIpc) is 2.55. The lowest BCUT2D eigenvalue weighted by molar-refractivity contribution is -0.403. The third-order valence-electron chi connectivity index (χ3n) is 5.07. The van der Waals surface area contributed by atoms with Gasteiger partial charge in [0.2, 0.25) is 0 Å². The fourth-order valence-corrected chi connectivity index (χ4v) is 3.64. The van der Waals surface area contributed by atoms with Crippen molar-refractivity contribution in [3.8, 4) is 0 Å². The Morgan fingerprint density at radius 2 is 1.36 bits per heavy atom. The first kappa shape index (κ1) is 22.9. The van der Waals surface area contributed by atoms with Crippen LogP contribution in [0.5, 0.6) is 0 Å². The quantitative estimate of drug-likeness (QED) is 0.252. The van der Waals surface area contributed by atoms with Crippen molar-refractivity contribution >= 4 is 0 Å². The number of ether oxygens (including phenoxy) is 4. The fraction of sp³-hybridized carbons (Fsp3) is 1.00. The molecule has 1 aliphatic rings. The molecule has 1 heterocycles. The van der Waals surface area contributed by atoms with Gasteiger partial charge in [-0.1, -0.05) is 45.4 Å². The first-order valence-corrected chi connectivity index (χ1v) is 10.7. The lowest BCUT2D eigenvalue weighted by Crippen LogP contribution is -2.47. The zero-order chi connectivity index (χ0) is 18.4. The second-order valence-corrected chi connectivity index (χ2v) is 7.14. The van der Waals surface area contributed by atoms with Gasteiger partial charge in [-0.05, 0) is 40.0 Å². The second kappa shape index (κ2) is 14.0. The zero-order valence-corrected chi connectivity index (χ0v) is 17.2. The largest absolute Gasteiger partial charge is 0.381 e. The summed E-state index contributed by atoms with van der Waals surface area (Å²) < 4.78 is 23.6. The molecular formula is C21H42O4. The molecule has 0 aromatic carbocycles. The number of hydrogen-bond donors (Lipinski definition) is 0. The molecule has 1 rings (SSSR count). The highest BCUT2D eigenvalue weighted by molar-refractivity contribution is 4.76. The minimum Gasteiger partial charge on any atom is -0.381 e. The van der Waals surface area contributed by atoms with Crippen LogP contribution in [0.15, 0.2) is 0 Å². The van der Waals surface area contributed by atoms with E-state index in [4.69, 9.17) is 18.9 Å². The van der Waals surface area contributed by atoms with Crippen molar-refractivity contribution < 1.29 is 18.9 Å². The monoisotopic (exact) mass is 358 g/mol. The van der Waals surface area contributed by atoms with Gasteiger partial charge < -0.3 is 18.9 Å². The smallest absolute Gasteiger partial charge is 0.285 e. The van der Waals surface area contributed by atoms with Gasteiger partial charge in [0.1, 0.15) is 0 Å². The molecule has 1 atom stereocenters. The Balaban J connectivity index is 2.62. The van der Waals surface area contributed by atoms with Gasteiger partial charge in [0.15, 0.2) is 0 Å². The summed E-state index contributed by atoms with van der Waals surface area (Å²) in [5, 5.41) is 0. The second-order valence-electron chi connectivity index (χ2n) is 7.14. The van der Waals surface area contributed by atoms with Gasteiger partial charge >= 0.3 is 0 Å². The van der Waals surface area contributed by atoms with E-state index >= 15 is 0 Å². The highest BCUT2D eigenvalue weighted by Crippen LogP contribution is 2.35. The molecule has 1 unspecified atom stereocenters. The standard InChI is InChI=1S/C21H42O4/c1-5-9-10-11-12-13-14-20(16-15-19-17-22-18-19)21(23-6-2,24-7-3)25-8-4/h19-20H,5-18H2,1-4H3. The van der Waals surface area contributed by atoms with Crippen LogP contribution >= 0.6 is 0 Å². The van der Waals surface area contributed by atoms with Crippen molar-refractivity contribution in [2.24, 2.45) is 11.8 Å². The number of unbranched alkanes of at least 4 members (excludes halogenated alkanes) is 5. The van der Waals surface area contributed by atoms with E-state index in [1.165, 1.54) is 44.9 Å². The number of hydrogen-bond acceptors (Lipinski definition) is 4. The van der Waals surface area contributed by atoms with E-state index in [1.807, 2.05) is 20.8 Å². The van der Waals surface area contributed by atoms with Crippen LogP contribution < -0.4 is 0 Å². The van der Waals surface area contributed by atoms with Crippen LogP contribution in [-0.2, 0) is 18.9 Å². The van der Waals surface area contributed by atoms with Crippen LogP contribution in [0.4, 0.5) is 0 Å². The summed E-state index contributed by atoms with van der Waals surface area (Å²) in [6.45, 7) is 12.0. The van der Waals surface area contributed by atoms with Gasteiger partial charge in [0.05, 0.1) is 13.2 Å².